The summed E-state index contributed by atoms with van der Waals surface area (Å²) >= 11 is 1.90. The lowest BCUT2D eigenvalue weighted by Gasteiger charge is -2.31. The Hall–Kier alpha value is -1.04. The van der Waals surface area contributed by atoms with Gasteiger partial charge in [0.2, 0.25) is 0 Å². The Bertz CT molecular complexity index is 723. The molecular formula is C20H29N3OS. The van der Waals surface area contributed by atoms with Crippen LogP contribution in [-0.2, 0) is 11.3 Å². The third kappa shape index (κ3) is 3.88. The van der Waals surface area contributed by atoms with Gasteiger partial charge in [-0.15, -0.1) is 11.3 Å². The van der Waals surface area contributed by atoms with Crippen LogP contribution in [0.4, 0.5) is 0 Å². The molecule has 136 valence electrons. The van der Waals surface area contributed by atoms with Crippen LogP contribution in [0.3, 0.4) is 0 Å². The van der Waals surface area contributed by atoms with E-state index in [0.717, 1.165) is 31.4 Å². The summed E-state index contributed by atoms with van der Waals surface area (Å²) in [6.07, 6.45) is 9.60. The van der Waals surface area contributed by atoms with E-state index < -0.39 is 0 Å². The van der Waals surface area contributed by atoms with Gasteiger partial charge >= 0.3 is 0 Å². The zero-order chi connectivity index (χ0) is 17.2. The van der Waals surface area contributed by atoms with Gasteiger partial charge in [0.1, 0.15) is 10.7 Å². The maximum absolute atomic E-state index is 5.58. The lowest BCUT2D eigenvalue weighted by molar-refractivity contribution is 0.0283. The molecule has 1 saturated heterocycles. The zero-order valence-electron chi connectivity index (χ0n) is 15.5. The first-order chi connectivity index (χ1) is 12.2. The zero-order valence-corrected chi connectivity index (χ0v) is 16.3. The summed E-state index contributed by atoms with van der Waals surface area (Å²) in [5, 5.41) is 1.29. The first-order valence-electron chi connectivity index (χ1n) is 9.75. The number of likely N-dealkylation sites (tertiary alicyclic amines) is 1. The Morgan fingerprint density at radius 1 is 1.16 bits per heavy atom. The van der Waals surface area contributed by atoms with Crippen LogP contribution >= 0.6 is 11.3 Å². The molecule has 2 aliphatic rings. The van der Waals surface area contributed by atoms with Crippen molar-refractivity contribution in [2.45, 2.75) is 70.4 Å². The molecule has 2 fully saturated rings. The number of fused-ring (bicyclic) bond motifs is 1. The Balaban J connectivity index is 1.60. The van der Waals surface area contributed by atoms with Crippen LogP contribution in [0.2, 0.25) is 0 Å². The molecule has 2 aromatic heterocycles. The van der Waals surface area contributed by atoms with Crippen LogP contribution < -0.4 is 0 Å². The van der Waals surface area contributed by atoms with E-state index in [1.54, 1.807) is 0 Å². The number of ether oxygens (including phenoxy) is 1. The van der Waals surface area contributed by atoms with E-state index in [1.165, 1.54) is 65.7 Å². The summed E-state index contributed by atoms with van der Waals surface area (Å²) in [5.41, 5.74) is 1.21. The molecule has 0 unspecified atom stereocenters. The SMILES string of the molecule is CO[C@@H]1CCCN(Cc2nc(C)nc3sc(C4CCCCC4)cc23)C1. The number of aromatic nitrogens is 2. The predicted octanol–water partition coefficient (Wildman–Crippen LogP) is 4.66. The molecule has 0 N–H and O–H groups in total. The van der Waals surface area contributed by atoms with Crippen molar-refractivity contribution in [2.24, 2.45) is 0 Å². The fraction of sp³-hybridized carbons (Fsp3) is 0.700. The highest BCUT2D eigenvalue weighted by Gasteiger charge is 2.23. The number of hydrogen-bond acceptors (Lipinski definition) is 5. The fourth-order valence-electron chi connectivity index (χ4n) is 4.39. The molecule has 1 saturated carbocycles. The van der Waals surface area contributed by atoms with Gasteiger partial charge in [0.05, 0.1) is 11.8 Å². The third-order valence-electron chi connectivity index (χ3n) is 5.78. The molecule has 1 aliphatic heterocycles. The Kier molecular flexibility index (Phi) is 5.34. The van der Waals surface area contributed by atoms with Crippen molar-refractivity contribution in [3.63, 3.8) is 0 Å². The van der Waals surface area contributed by atoms with E-state index in [1.807, 2.05) is 25.4 Å². The van der Waals surface area contributed by atoms with E-state index in [4.69, 9.17) is 14.7 Å². The number of aryl methyl sites for hydroxylation is 1. The molecule has 1 aliphatic carbocycles. The smallest absolute Gasteiger partial charge is 0.127 e. The van der Waals surface area contributed by atoms with Gasteiger partial charge in [-0.2, -0.15) is 0 Å². The van der Waals surface area contributed by atoms with Crippen molar-refractivity contribution in [3.05, 3.63) is 22.5 Å². The van der Waals surface area contributed by atoms with Crippen LogP contribution in [0.15, 0.2) is 6.07 Å². The molecule has 2 aromatic rings. The summed E-state index contributed by atoms with van der Waals surface area (Å²) in [6, 6.07) is 2.41. The summed E-state index contributed by atoms with van der Waals surface area (Å²) in [5.74, 6) is 1.65. The second kappa shape index (κ2) is 7.68. The van der Waals surface area contributed by atoms with Crippen molar-refractivity contribution in [3.8, 4) is 0 Å². The van der Waals surface area contributed by atoms with Gasteiger partial charge in [0.25, 0.3) is 0 Å². The molecule has 4 nitrogen and oxygen atoms in total. The predicted molar refractivity (Wildman–Crippen MR) is 103 cm³/mol. The Labute approximate surface area is 154 Å². The second-order valence-electron chi connectivity index (χ2n) is 7.66. The number of thiophene rings is 1. The van der Waals surface area contributed by atoms with Gasteiger partial charge in [-0.1, -0.05) is 19.3 Å². The van der Waals surface area contributed by atoms with E-state index in [0.29, 0.717) is 6.10 Å². The van der Waals surface area contributed by atoms with Crippen molar-refractivity contribution >= 4 is 21.6 Å². The van der Waals surface area contributed by atoms with Gasteiger partial charge in [-0.3, -0.25) is 4.90 Å². The fourth-order valence-corrected chi connectivity index (χ4v) is 5.65. The normalized spacial score (nSPS) is 23.4. The molecule has 0 bridgehead atoms. The van der Waals surface area contributed by atoms with Crippen LogP contribution in [0.1, 0.15) is 67.3 Å². The van der Waals surface area contributed by atoms with Crippen LogP contribution in [-0.4, -0.2) is 41.2 Å². The summed E-state index contributed by atoms with van der Waals surface area (Å²) in [4.78, 5) is 14.8. The number of piperidine rings is 1. The maximum Gasteiger partial charge on any atom is 0.127 e. The number of rotatable bonds is 4. The van der Waals surface area contributed by atoms with Crippen LogP contribution in [0, 0.1) is 6.92 Å². The molecule has 4 rings (SSSR count). The lowest BCUT2D eigenvalue weighted by atomic mass is 9.88. The highest BCUT2D eigenvalue weighted by Crippen LogP contribution is 2.39. The third-order valence-corrected chi connectivity index (χ3v) is 6.97. The topological polar surface area (TPSA) is 38.2 Å². The minimum atomic E-state index is 0.368. The number of nitrogens with zero attached hydrogens (tertiary/aromatic N) is 3. The number of hydrogen-bond donors (Lipinski definition) is 0. The molecule has 0 aromatic carbocycles. The van der Waals surface area contributed by atoms with Gasteiger partial charge in [0.15, 0.2) is 0 Å². The average Bonchev–Trinajstić information content (AvgIpc) is 3.07. The van der Waals surface area contributed by atoms with Crippen molar-refractivity contribution in [2.75, 3.05) is 20.2 Å². The highest BCUT2D eigenvalue weighted by molar-refractivity contribution is 7.18. The number of methoxy groups -OCH3 is 1. The van der Waals surface area contributed by atoms with Gasteiger partial charge < -0.3 is 4.74 Å². The standard InChI is InChI=1S/C20H29N3OS/c1-14-21-18(13-23-10-6-9-16(12-23)24-2)17-11-19(25-20(17)22-14)15-7-4-3-5-8-15/h11,15-16H,3-10,12-13H2,1-2H3/t16-/m1/s1. The second-order valence-corrected chi connectivity index (χ2v) is 8.72. The van der Waals surface area contributed by atoms with Crippen LogP contribution in [0.25, 0.3) is 10.2 Å². The molecule has 0 radical (unpaired) electrons. The molecule has 25 heavy (non-hydrogen) atoms. The Morgan fingerprint density at radius 2 is 2.00 bits per heavy atom. The van der Waals surface area contributed by atoms with Gasteiger partial charge in [-0.25, -0.2) is 9.97 Å². The summed E-state index contributed by atoms with van der Waals surface area (Å²) in [6.45, 7) is 5.10. The molecule has 1 atom stereocenters. The van der Waals surface area contributed by atoms with Crippen molar-refractivity contribution < 1.29 is 4.74 Å². The highest BCUT2D eigenvalue weighted by atomic mass is 32.1. The van der Waals surface area contributed by atoms with Crippen LogP contribution in [0.5, 0.6) is 0 Å². The quantitative estimate of drug-likeness (QED) is 0.796. The molecule has 0 spiro atoms. The summed E-state index contributed by atoms with van der Waals surface area (Å²) < 4.78 is 5.58. The van der Waals surface area contributed by atoms with E-state index in [2.05, 4.69) is 11.0 Å². The lowest BCUT2D eigenvalue weighted by Crippen LogP contribution is -2.38. The molecule has 5 heteroatoms. The van der Waals surface area contributed by atoms with E-state index in [9.17, 15) is 0 Å². The molecule has 0 amide bonds. The minimum Gasteiger partial charge on any atom is -0.380 e. The van der Waals surface area contributed by atoms with E-state index >= 15 is 0 Å². The monoisotopic (exact) mass is 359 g/mol. The first-order valence-corrected chi connectivity index (χ1v) is 10.6. The van der Waals surface area contributed by atoms with Gasteiger partial charge in [0, 0.05) is 30.5 Å². The van der Waals surface area contributed by atoms with Crippen molar-refractivity contribution in [1.29, 1.82) is 0 Å². The minimum absolute atomic E-state index is 0.368. The summed E-state index contributed by atoms with van der Waals surface area (Å²) in [7, 11) is 1.83. The average molecular weight is 360 g/mol. The maximum atomic E-state index is 5.58. The molecular weight excluding hydrogens is 330 g/mol. The Morgan fingerprint density at radius 3 is 2.80 bits per heavy atom. The largest absolute Gasteiger partial charge is 0.380 e. The first kappa shape index (κ1) is 17.4. The molecule has 3 heterocycles. The van der Waals surface area contributed by atoms with Crippen molar-refractivity contribution in [1.82, 2.24) is 14.9 Å². The van der Waals surface area contributed by atoms with Gasteiger partial charge in [-0.05, 0) is 51.1 Å². The van der Waals surface area contributed by atoms with E-state index in [-0.39, 0.29) is 0 Å².